The van der Waals surface area contributed by atoms with Crippen LogP contribution in [0, 0.1) is 22.5 Å². The van der Waals surface area contributed by atoms with Crippen LogP contribution in [-0.2, 0) is 13.0 Å². The first-order valence-electron chi connectivity index (χ1n) is 6.42. The van der Waals surface area contributed by atoms with E-state index in [2.05, 4.69) is 21.7 Å². The van der Waals surface area contributed by atoms with Crippen LogP contribution in [0.1, 0.15) is 38.4 Å². The first-order valence-corrected chi connectivity index (χ1v) is 6.82. The largest absolute Gasteiger partial charge is 0.304 e. The zero-order chi connectivity index (χ0) is 11.1. The minimum atomic E-state index is 0.805. The van der Waals surface area contributed by atoms with Gasteiger partial charge in [-0.2, -0.15) is 5.10 Å². The molecule has 0 radical (unpaired) electrons. The lowest BCUT2D eigenvalue weighted by Crippen LogP contribution is -2.18. The molecule has 1 N–H and O–H groups in total. The number of rotatable bonds is 3. The van der Waals surface area contributed by atoms with Gasteiger partial charge in [-0.1, -0.05) is 13.3 Å². The molecule has 3 atom stereocenters. The lowest BCUT2D eigenvalue weighted by atomic mass is 9.89. The minimum Gasteiger partial charge on any atom is -0.304 e. The van der Waals surface area contributed by atoms with Gasteiger partial charge in [-0.05, 0) is 49.2 Å². The molecule has 16 heavy (non-hydrogen) atoms. The third-order valence-corrected chi connectivity index (χ3v) is 4.77. The van der Waals surface area contributed by atoms with E-state index >= 15 is 0 Å². The van der Waals surface area contributed by atoms with Gasteiger partial charge >= 0.3 is 0 Å². The molecule has 2 bridgehead atoms. The molecule has 0 aliphatic heterocycles. The van der Waals surface area contributed by atoms with Crippen molar-refractivity contribution in [2.24, 2.45) is 17.8 Å². The average molecular weight is 237 g/mol. The lowest BCUT2D eigenvalue weighted by Gasteiger charge is -2.22. The predicted octanol–water partition coefficient (Wildman–Crippen LogP) is 2.94. The standard InChI is InChI=1S/C12H19N3S/c1-2-11-13-14-12(16)15(11)7-10-6-8-3-4-9(10)5-8/h8-10H,2-7H2,1H3,(H,14,16). The summed E-state index contributed by atoms with van der Waals surface area (Å²) in [6.07, 6.45) is 6.77. The molecule has 88 valence electrons. The molecule has 1 aromatic rings. The van der Waals surface area contributed by atoms with Gasteiger partial charge in [-0.3, -0.25) is 5.10 Å². The van der Waals surface area contributed by atoms with Gasteiger partial charge in [-0.25, -0.2) is 0 Å². The van der Waals surface area contributed by atoms with Crippen LogP contribution in [0.3, 0.4) is 0 Å². The van der Waals surface area contributed by atoms with Crippen LogP contribution in [0.4, 0.5) is 0 Å². The number of aryl methyl sites for hydroxylation is 1. The van der Waals surface area contributed by atoms with Gasteiger partial charge < -0.3 is 4.57 Å². The summed E-state index contributed by atoms with van der Waals surface area (Å²) in [5.41, 5.74) is 0. The summed E-state index contributed by atoms with van der Waals surface area (Å²) >= 11 is 5.30. The van der Waals surface area contributed by atoms with E-state index in [-0.39, 0.29) is 0 Å². The summed E-state index contributed by atoms with van der Waals surface area (Å²) < 4.78 is 3.03. The van der Waals surface area contributed by atoms with Crippen molar-refractivity contribution >= 4 is 12.2 Å². The lowest BCUT2D eigenvalue weighted by molar-refractivity contribution is 0.292. The Balaban J connectivity index is 1.79. The number of nitrogens with one attached hydrogen (secondary N) is 1. The number of hydrogen-bond acceptors (Lipinski definition) is 2. The summed E-state index contributed by atoms with van der Waals surface area (Å²) in [4.78, 5) is 0. The van der Waals surface area contributed by atoms with Crippen LogP contribution in [0.25, 0.3) is 0 Å². The van der Waals surface area contributed by atoms with Gasteiger partial charge in [0.05, 0.1) is 0 Å². The van der Waals surface area contributed by atoms with E-state index in [0.29, 0.717) is 0 Å². The van der Waals surface area contributed by atoms with E-state index in [9.17, 15) is 0 Å². The molecule has 1 aromatic heterocycles. The number of hydrogen-bond donors (Lipinski definition) is 1. The maximum absolute atomic E-state index is 5.30. The summed E-state index contributed by atoms with van der Waals surface area (Å²) in [6.45, 7) is 3.24. The number of aromatic amines is 1. The molecule has 2 aliphatic rings. The molecule has 3 nitrogen and oxygen atoms in total. The first-order chi connectivity index (χ1) is 7.78. The molecule has 1 heterocycles. The third-order valence-electron chi connectivity index (χ3n) is 4.46. The van der Waals surface area contributed by atoms with Crippen molar-refractivity contribution in [2.75, 3.05) is 0 Å². The number of fused-ring (bicyclic) bond motifs is 2. The summed E-state index contributed by atoms with van der Waals surface area (Å²) in [5, 5.41) is 7.21. The fourth-order valence-corrected chi connectivity index (χ4v) is 3.87. The van der Waals surface area contributed by atoms with Crippen molar-refractivity contribution < 1.29 is 0 Å². The molecule has 4 heteroatoms. The SMILES string of the molecule is CCc1n[nH]c(=S)n1CC1CC2CCC1C2. The smallest absolute Gasteiger partial charge is 0.195 e. The van der Waals surface area contributed by atoms with E-state index in [1.807, 2.05) is 0 Å². The maximum atomic E-state index is 5.30. The molecule has 3 rings (SSSR count). The Hall–Kier alpha value is -0.640. The van der Waals surface area contributed by atoms with Gasteiger partial charge in [0.2, 0.25) is 0 Å². The second kappa shape index (κ2) is 3.99. The second-order valence-electron chi connectivity index (χ2n) is 5.34. The highest BCUT2D eigenvalue weighted by Crippen LogP contribution is 2.48. The first kappa shape index (κ1) is 10.5. The number of nitrogens with zero attached hydrogens (tertiary/aromatic N) is 2. The summed E-state index contributed by atoms with van der Waals surface area (Å²) in [7, 11) is 0. The summed E-state index contributed by atoms with van der Waals surface area (Å²) in [6, 6.07) is 0. The van der Waals surface area contributed by atoms with E-state index in [1.54, 1.807) is 0 Å². The van der Waals surface area contributed by atoms with Gasteiger partial charge in [0.25, 0.3) is 0 Å². The van der Waals surface area contributed by atoms with Crippen molar-refractivity contribution in [1.29, 1.82) is 0 Å². The highest BCUT2D eigenvalue weighted by molar-refractivity contribution is 7.71. The Morgan fingerprint density at radius 3 is 2.94 bits per heavy atom. The molecule has 0 aromatic carbocycles. The quantitative estimate of drug-likeness (QED) is 0.820. The molecule has 2 saturated carbocycles. The molecule has 2 aliphatic carbocycles. The monoisotopic (exact) mass is 237 g/mol. The van der Waals surface area contributed by atoms with Crippen molar-refractivity contribution in [3.8, 4) is 0 Å². The molecular weight excluding hydrogens is 218 g/mol. The van der Waals surface area contributed by atoms with E-state index in [1.165, 1.54) is 25.7 Å². The highest BCUT2D eigenvalue weighted by atomic mass is 32.1. The Morgan fingerprint density at radius 2 is 2.31 bits per heavy atom. The van der Waals surface area contributed by atoms with Gasteiger partial charge in [-0.15, -0.1) is 0 Å². The van der Waals surface area contributed by atoms with Gasteiger partial charge in [0, 0.05) is 13.0 Å². The predicted molar refractivity (Wildman–Crippen MR) is 65.7 cm³/mol. The zero-order valence-corrected chi connectivity index (χ0v) is 10.6. The Bertz CT molecular complexity index is 434. The molecule has 3 unspecified atom stereocenters. The van der Waals surface area contributed by atoms with E-state index in [0.717, 1.165) is 41.3 Å². The molecule has 0 spiro atoms. The zero-order valence-electron chi connectivity index (χ0n) is 9.78. The van der Waals surface area contributed by atoms with Crippen LogP contribution in [-0.4, -0.2) is 14.8 Å². The van der Waals surface area contributed by atoms with Crippen molar-refractivity contribution in [3.05, 3.63) is 10.6 Å². The Kier molecular flexibility index (Phi) is 2.62. The summed E-state index contributed by atoms with van der Waals surface area (Å²) in [5.74, 6) is 3.95. The molecule has 2 fully saturated rings. The fraction of sp³-hybridized carbons (Fsp3) is 0.833. The average Bonchev–Trinajstić information content (AvgIpc) is 2.96. The van der Waals surface area contributed by atoms with Crippen LogP contribution in [0.5, 0.6) is 0 Å². The van der Waals surface area contributed by atoms with Crippen molar-refractivity contribution in [1.82, 2.24) is 14.8 Å². The van der Waals surface area contributed by atoms with Crippen molar-refractivity contribution in [2.45, 2.75) is 45.6 Å². The topological polar surface area (TPSA) is 33.6 Å². The van der Waals surface area contributed by atoms with E-state index < -0.39 is 0 Å². The van der Waals surface area contributed by atoms with Crippen molar-refractivity contribution in [3.63, 3.8) is 0 Å². The molecular formula is C12H19N3S. The van der Waals surface area contributed by atoms with Gasteiger partial charge in [0.1, 0.15) is 5.82 Å². The van der Waals surface area contributed by atoms with Crippen LogP contribution < -0.4 is 0 Å². The Labute approximate surface area is 101 Å². The fourth-order valence-electron chi connectivity index (χ4n) is 3.64. The van der Waals surface area contributed by atoms with E-state index in [4.69, 9.17) is 12.2 Å². The van der Waals surface area contributed by atoms with Crippen LogP contribution in [0.15, 0.2) is 0 Å². The normalized spacial score (nSPS) is 32.4. The Morgan fingerprint density at radius 1 is 1.44 bits per heavy atom. The molecule has 0 saturated heterocycles. The highest BCUT2D eigenvalue weighted by Gasteiger charge is 2.39. The number of H-pyrrole nitrogens is 1. The van der Waals surface area contributed by atoms with Gasteiger partial charge in [0.15, 0.2) is 4.77 Å². The maximum Gasteiger partial charge on any atom is 0.195 e. The third kappa shape index (κ3) is 1.63. The second-order valence-corrected chi connectivity index (χ2v) is 5.73. The minimum absolute atomic E-state index is 0.805. The van der Waals surface area contributed by atoms with Crippen LogP contribution >= 0.6 is 12.2 Å². The molecule has 0 amide bonds. The number of aromatic nitrogens is 3. The van der Waals surface area contributed by atoms with Crippen LogP contribution in [0.2, 0.25) is 0 Å².